The van der Waals surface area contributed by atoms with Crippen LogP contribution in [-0.4, -0.2) is 23.5 Å². The van der Waals surface area contributed by atoms with Gasteiger partial charge >= 0.3 is 11.9 Å². The van der Waals surface area contributed by atoms with Gasteiger partial charge < -0.3 is 14.2 Å². The number of ether oxygens (including phenoxy) is 3. The lowest BCUT2D eigenvalue weighted by Crippen LogP contribution is -2.10. The second-order valence-corrected chi connectivity index (χ2v) is 9.60. The van der Waals surface area contributed by atoms with Gasteiger partial charge in [-0.15, -0.1) is 0 Å². The van der Waals surface area contributed by atoms with Crippen molar-refractivity contribution in [2.45, 2.75) is 46.5 Å². The van der Waals surface area contributed by atoms with E-state index in [4.69, 9.17) is 25.8 Å². The van der Waals surface area contributed by atoms with Gasteiger partial charge in [0.05, 0.1) is 17.7 Å². The second-order valence-electron chi connectivity index (χ2n) is 9.21. The van der Waals surface area contributed by atoms with Crippen LogP contribution in [0.25, 0.3) is 0 Å². The predicted octanol–water partition coefficient (Wildman–Crippen LogP) is 7.40. The largest absolute Gasteiger partial charge is 0.494 e. The maximum Gasteiger partial charge on any atom is 0.345 e. The third kappa shape index (κ3) is 9.00. The Morgan fingerprint density at radius 2 is 1.31 bits per heavy atom. The van der Waals surface area contributed by atoms with E-state index in [1.165, 1.54) is 61.9 Å². The van der Waals surface area contributed by atoms with Gasteiger partial charge in [-0.25, -0.2) is 14.6 Å². The fourth-order valence-electron chi connectivity index (χ4n) is 3.49. The van der Waals surface area contributed by atoms with Crippen molar-refractivity contribution < 1.29 is 23.8 Å². The number of esters is 2. The van der Waals surface area contributed by atoms with E-state index in [-0.39, 0.29) is 10.7 Å². The molecule has 0 radical (unpaired) electrons. The van der Waals surface area contributed by atoms with E-state index in [9.17, 15) is 9.59 Å². The fourth-order valence-corrected chi connectivity index (χ4v) is 3.60. The normalized spacial score (nSPS) is 11.7. The summed E-state index contributed by atoms with van der Waals surface area (Å²) < 4.78 is 16.6. The fraction of sp³-hybridized carbons (Fsp3) is 0.345. The minimum atomic E-state index is -0.572. The summed E-state index contributed by atoms with van der Waals surface area (Å²) in [5.41, 5.74) is 0.598. The van der Waals surface area contributed by atoms with Crippen LogP contribution in [0.1, 0.15) is 67.2 Å². The zero-order chi connectivity index (χ0) is 25.9. The third-order valence-corrected chi connectivity index (χ3v) is 5.88. The van der Waals surface area contributed by atoms with E-state index < -0.39 is 11.9 Å². The van der Waals surface area contributed by atoms with Crippen molar-refractivity contribution in [3.8, 4) is 17.2 Å². The number of rotatable bonds is 12. The minimum Gasteiger partial charge on any atom is -0.494 e. The third-order valence-electron chi connectivity index (χ3n) is 5.66. The van der Waals surface area contributed by atoms with Crippen molar-refractivity contribution in [1.29, 1.82) is 0 Å². The van der Waals surface area contributed by atoms with Crippen LogP contribution in [-0.2, 0) is 0 Å². The molecule has 6 nitrogen and oxygen atoms in total. The molecule has 0 aliphatic rings. The Bertz CT molecular complexity index is 1110. The molecule has 1 atom stereocenters. The zero-order valence-electron chi connectivity index (χ0n) is 20.9. The monoisotopic (exact) mass is 509 g/mol. The Morgan fingerprint density at radius 3 is 1.89 bits per heavy atom. The van der Waals surface area contributed by atoms with Crippen LogP contribution < -0.4 is 14.2 Å². The summed E-state index contributed by atoms with van der Waals surface area (Å²) in [6, 6.07) is 16.1. The van der Waals surface area contributed by atoms with E-state index in [1.807, 2.05) is 0 Å². The van der Waals surface area contributed by atoms with Gasteiger partial charge in [0, 0.05) is 6.20 Å². The van der Waals surface area contributed by atoms with Gasteiger partial charge in [0.25, 0.3) is 0 Å². The van der Waals surface area contributed by atoms with Gasteiger partial charge in [0.2, 0.25) is 0 Å². The Labute approximate surface area is 217 Å². The second kappa shape index (κ2) is 13.6. The van der Waals surface area contributed by atoms with E-state index in [1.54, 1.807) is 24.3 Å². The van der Waals surface area contributed by atoms with Gasteiger partial charge in [-0.1, -0.05) is 51.6 Å². The maximum absolute atomic E-state index is 12.5. The molecule has 1 aromatic heterocycles. The Morgan fingerprint density at radius 1 is 0.750 bits per heavy atom. The van der Waals surface area contributed by atoms with E-state index in [2.05, 4.69) is 25.8 Å². The molecule has 0 fully saturated rings. The molecular weight excluding hydrogens is 478 g/mol. The quantitative estimate of drug-likeness (QED) is 0.144. The standard InChI is InChI=1S/C29H32ClNO5/c1-20(2)5-4-6-21(3)17-18-34-24-12-14-26(15-13-24)35-28(32)22-7-10-25(11-8-22)36-29(33)23-9-16-27(30)31-19-23/h7-16,19-21H,4-6,17-18H2,1-3H3/t21-/m0/s1. The molecule has 0 aliphatic heterocycles. The lowest BCUT2D eigenvalue weighted by molar-refractivity contribution is 0.0730. The lowest BCUT2D eigenvalue weighted by Gasteiger charge is -2.13. The van der Waals surface area contributed by atoms with Crippen molar-refractivity contribution in [2.24, 2.45) is 11.8 Å². The summed E-state index contributed by atoms with van der Waals surface area (Å²) in [6.07, 6.45) is 6.09. The molecular formula is C29H32ClNO5. The van der Waals surface area contributed by atoms with Crippen LogP contribution in [0.2, 0.25) is 5.15 Å². The average molecular weight is 510 g/mol. The molecule has 0 saturated carbocycles. The molecule has 2 aromatic carbocycles. The highest BCUT2D eigenvalue weighted by Gasteiger charge is 2.12. The number of carbonyl (C=O) groups is 2. The molecule has 1 heterocycles. The van der Waals surface area contributed by atoms with E-state index in [0.717, 1.165) is 18.1 Å². The van der Waals surface area contributed by atoms with Gasteiger partial charge in [-0.05, 0) is 78.9 Å². The average Bonchev–Trinajstić information content (AvgIpc) is 2.85. The molecule has 0 spiro atoms. The maximum atomic E-state index is 12.5. The van der Waals surface area contributed by atoms with Crippen LogP contribution in [0.15, 0.2) is 66.9 Å². The zero-order valence-corrected chi connectivity index (χ0v) is 21.7. The number of hydrogen-bond acceptors (Lipinski definition) is 6. The van der Waals surface area contributed by atoms with Crippen molar-refractivity contribution in [3.63, 3.8) is 0 Å². The summed E-state index contributed by atoms with van der Waals surface area (Å²) in [5, 5.41) is 0.286. The first-order valence-corrected chi connectivity index (χ1v) is 12.6. The van der Waals surface area contributed by atoms with Crippen LogP contribution in [0.4, 0.5) is 0 Å². The summed E-state index contributed by atoms with van der Waals surface area (Å²) in [4.78, 5) is 28.5. The molecule has 7 heteroatoms. The Hall–Kier alpha value is -3.38. The molecule has 3 rings (SSSR count). The summed E-state index contributed by atoms with van der Waals surface area (Å²) in [7, 11) is 0. The topological polar surface area (TPSA) is 74.7 Å². The summed E-state index contributed by atoms with van der Waals surface area (Å²) in [5.74, 6) is 1.75. The van der Waals surface area contributed by atoms with Crippen LogP contribution in [0.5, 0.6) is 17.2 Å². The van der Waals surface area contributed by atoms with Gasteiger partial charge in [0.15, 0.2) is 0 Å². The highest BCUT2D eigenvalue weighted by molar-refractivity contribution is 6.29. The molecule has 0 unspecified atom stereocenters. The van der Waals surface area contributed by atoms with Crippen LogP contribution in [0.3, 0.4) is 0 Å². The molecule has 190 valence electrons. The van der Waals surface area contributed by atoms with Crippen molar-refractivity contribution >= 4 is 23.5 Å². The first-order valence-electron chi connectivity index (χ1n) is 12.2. The van der Waals surface area contributed by atoms with Gasteiger partial charge in [-0.2, -0.15) is 0 Å². The number of halogens is 1. The van der Waals surface area contributed by atoms with Crippen molar-refractivity contribution in [3.05, 3.63) is 83.1 Å². The smallest absolute Gasteiger partial charge is 0.345 e. The van der Waals surface area contributed by atoms with Gasteiger partial charge in [-0.3, -0.25) is 0 Å². The highest BCUT2D eigenvalue weighted by atomic mass is 35.5. The van der Waals surface area contributed by atoms with E-state index in [0.29, 0.717) is 29.6 Å². The summed E-state index contributed by atoms with van der Waals surface area (Å²) in [6.45, 7) is 7.44. The van der Waals surface area contributed by atoms with Crippen LogP contribution in [0, 0.1) is 11.8 Å². The highest BCUT2D eigenvalue weighted by Crippen LogP contribution is 2.21. The SMILES string of the molecule is CC(C)CCC[C@H](C)CCOc1ccc(OC(=O)c2ccc(OC(=O)c3ccc(Cl)nc3)cc2)cc1. The lowest BCUT2D eigenvalue weighted by atomic mass is 9.98. The minimum absolute atomic E-state index is 0.270. The van der Waals surface area contributed by atoms with Crippen molar-refractivity contribution in [2.75, 3.05) is 6.61 Å². The Kier molecular flexibility index (Phi) is 10.3. The predicted molar refractivity (Wildman–Crippen MR) is 140 cm³/mol. The number of carbonyl (C=O) groups excluding carboxylic acids is 2. The number of nitrogens with zero attached hydrogens (tertiary/aromatic N) is 1. The number of benzene rings is 2. The first kappa shape index (κ1) is 27.2. The number of aromatic nitrogens is 1. The number of hydrogen-bond donors (Lipinski definition) is 0. The molecule has 0 N–H and O–H groups in total. The first-order chi connectivity index (χ1) is 17.3. The van der Waals surface area contributed by atoms with Crippen LogP contribution >= 0.6 is 11.6 Å². The van der Waals surface area contributed by atoms with E-state index >= 15 is 0 Å². The number of pyridine rings is 1. The molecule has 0 amide bonds. The van der Waals surface area contributed by atoms with Gasteiger partial charge in [0.1, 0.15) is 22.4 Å². The van der Waals surface area contributed by atoms with Crippen molar-refractivity contribution in [1.82, 2.24) is 4.98 Å². The summed E-state index contributed by atoms with van der Waals surface area (Å²) >= 11 is 5.73. The molecule has 0 saturated heterocycles. The molecule has 36 heavy (non-hydrogen) atoms. The molecule has 3 aromatic rings. The Balaban J connectivity index is 1.43. The molecule has 0 aliphatic carbocycles. The molecule has 0 bridgehead atoms.